The fourth-order valence-corrected chi connectivity index (χ4v) is 3.90. The number of hydrogen-bond donors (Lipinski definition) is 3. The van der Waals surface area contributed by atoms with Crippen molar-refractivity contribution < 1.29 is 28.3 Å². The molecule has 0 amide bonds. The number of H-pyrrole nitrogens is 1. The predicted octanol–water partition coefficient (Wildman–Crippen LogP) is -2.16. The number of nitrogens with zero attached hydrogens (tertiary/aromatic N) is 3. The lowest BCUT2D eigenvalue weighted by Gasteiger charge is -2.22. The molecule has 0 aliphatic carbocycles. The Hall–Kier alpha value is -1.82. The van der Waals surface area contributed by atoms with Crippen LogP contribution in [0.25, 0.3) is 11.2 Å². The van der Waals surface area contributed by atoms with Crippen LogP contribution in [0.2, 0.25) is 0 Å². The van der Waals surface area contributed by atoms with E-state index in [9.17, 15) is 19.4 Å². The fraction of sp³-hybridized carbons (Fsp3) is 0.500. The van der Waals surface area contributed by atoms with Crippen molar-refractivity contribution in [2.24, 2.45) is 0 Å². The number of fused-ring (bicyclic) bond motifs is 2. The van der Waals surface area contributed by atoms with Crippen LogP contribution in [-0.2, 0) is 18.3 Å². The van der Waals surface area contributed by atoms with Crippen LogP contribution in [0.5, 0.6) is 0 Å². The molecule has 2 aliphatic rings. The number of hydrogen-bond acceptors (Lipinski definition) is 10. The Morgan fingerprint density at radius 1 is 1.48 bits per heavy atom. The Morgan fingerprint density at radius 2 is 2.22 bits per heavy atom. The lowest BCUT2D eigenvalue weighted by Crippen LogP contribution is -2.30. The quantitative estimate of drug-likeness (QED) is 0.508. The van der Waals surface area contributed by atoms with Crippen molar-refractivity contribution in [1.29, 1.82) is 0 Å². The summed E-state index contributed by atoms with van der Waals surface area (Å²) >= 11 is 0. The maximum atomic E-state index is 11.8. The number of aromatic nitrogens is 4. The van der Waals surface area contributed by atoms with E-state index in [2.05, 4.69) is 15.0 Å². The van der Waals surface area contributed by atoms with Gasteiger partial charge in [-0.3, -0.25) is 18.9 Å². The number of ether oxygens (including phenoxy) is 1. The van der Waals surface area contributed by atoms with Crippen LogP contribution in [0.4, 0.5) is 5.95 Å². The highest BCUT2D eigenvalue weighted by Gasteiger charge is 2.54. The second-order valence-electron chi connectivity index (χ2n) is 5.11. The van der Waals surface area contributed by atoms with Gasteiger partial charge in [-0.05, 0) is 0 Å². The summed E-state index contributed by atoms with van der Waals surface area (Å²) in [5.41, 5.74) is 5.08. The predicted molar refractivity (Wildman–Crippen MR) is 70.9 cm³/mol. The zero-order valence-electron chi connectivity index (χ0n) is 11.4. The standard InChI is InChI=1S/C10H12N5O7P/c11-10-13-7-4(8(17)14-10)12-2-15(7)9-6-5(3(1-16)20-9)21-23(18,19)22-6/h2-3,5-6,9,16H,1H2,(H,18,19)(H3,11,13,14,17)/p-1/t3-,5-,6-,9-/m1/s1. The molecule has 4 heterocycles. The van der Waals surface area contributed by atoms with E-state index in [0.717, 1.165) is 0 Å². The number of aliphatic hydroxyl groups excluding tert-OH is 1. The number of nitrogen functional groups attached to an aromatic ring is 1. The van der Waals surface area contributed by atoms with Crippen molar-refractivity contribution in [2.75, 3.05) is 12.3 Å². The normalized spacial score (nSPS) is 36.6. The zero-order valence-corrected chi connectivity index (χ0v) is 12.3. The smallest absolute Gasteiger partial charge is 0.280 e. The Balaban J connectivity index is 1.82. The van der Waals surface area contributed by atoms with E-state index < -0.39 is 44.5 Å². The Labute approximate surface area is 127 Å². The van der Waals surface area contributed by atoms with Gasteiger partial charge in [0.1, 0.15) is 18.3 Å². The zero-order chi connectivity index (χ0) is 16.4. The van der Waals surface area contributed by atoms with Gasteiger partial charge in [0, 0.05) is 0 Å². The van der Waals surface area contributed by atoms with Gasteiger partial charge in [-0.1, -0.05) is 0 Å². The topological polar surface area (TPSA) is 178 Å². The monoisotopic (exact) mass is 344 g/mol. The van der Waals surface area contributed by atoms with Gasteiger partial charge in [-0.2, -0.15) is 4.98 Å². The van der Waals surface area contributed by atoms with E-state index in [1.807, 2.05) is 0 Å². The maximum Gasteiger partial charge on any atom is 0.280 e. The average molecular weight is 344 g/mol. The summed E-state index contributed by atoms with van der Waals surface area (Å²) < 4.78 is 28.1. The number of phosphoric ester groups is 1. The highest BCUT2D eigenvalue weighted by atomic mass is 31.2. The van der Waals surface area contributed by atoms with Crippen LogP contribution >= 0.6 is 7.82 Å². The van der Waals surface area contributed by atoms with Gasteiger partial charge in [0.15, 0.2) is 17.4 Å². The number of nitrogens with one attached hydrogen (secondary N) is 1. The Bertz CT molecular complexity index is 880. The van der Waals surface area contributed by atoms with E-state index in [4.69, 9.17) is 19.5 Å². The molecular formula is C10H11N5O7P-. The number of phosphoric acid groups is 1. The van der Waals surface area contributed by atoms with Gasteiger partial charge < -0.3 is 29.5 Å². The number of anilines is 1. The molecule has 0 spiro atoms. The van der Waals surface area contributed by atoms with E-state index >= 15 is 0 Å². The Morgan fingerprint density at radius 3 is 2.96 bits per heavy atom. The highest BCUT2D eigenvalue weighted by molar-refractivity contribution is 7.46. The van der Waals surface area contributed by atoms with E-state index in [0.29, 0.717) is 0 Å². The lowest BCUT2D eigenvalue weighted by molar-refractivity contribution is -0.222. The van der Waals surface area contributed by atoms with Gasteiger partial charge >= 0.3 is 0 Å². The first kappa shape index (κ1) is 14.8. The number of aromatic amines is 1. The van der Waals surface area contributed by atoms with Crippen molar-refractivity contribution in [2.45, 2.75) is 24.5 Å². The molecule has 2 aliphatic heterocycles. The molecule has 23 heavy (non-hydrogen) atoms. The van der Waals surface area contributed by atoms with Crippen molar-refractivity contribution in [1.82, 2.24) is 19.5 Å². The molecule has 0 aromatic carbocycles. The van der Waals surface area contributed by atoms with Gasteiger partial charge in [-0.25, -0.2) is 4.98 Å². The van der Waals surface area contributed by atoms with E-state index in [1.54, 1.807) is 0 Å². The second kappa shape index (κ2) is 4.84. The third-order valence-electron chi connectivity index (χ3n) is 3.69. The Kier molecular flexibility index (Phi) is 3.10. The van der Waals surface area contributed by atoms with Gasteiger partial charge in [0.05, 0.1) is 12.9 Å². The van der Waals surface area contributed by atoms with Crippen molar-refractivity contribution in [3.05, 3.63) is 16.7 Å². The molecule has 124 valence electrons. The van der Waals surface area contributed by atoms with Gasteiger partial charge in [-0.15, -0.1) is 0 Å². The van der Waals surface area contributed by atoms with Crippen LogP contribution in [0.1, 0.15) is 6.23 Å². The number of rotatable bonds is 2. The first-order valence-electron chi connectivity index (χ1n) is 6.56. The molecule has 0 bridgehead atoms. The molecule has 5 atom stereocenters. The van der Waals surface area contributed by atoms with Crippen LogP contribution in [-0.4, -0.2) is 49.5 Å². The summed E-state index contributed by atoms with van der Waals surface area (Å²) in [6, 6.07) is 0. The first-order valence-corrected chi connectivity index (χ1v) is 8.02. The molecule has 0 saturated carbocycles. The average Bonchev–Trinajstić information content (AvgIpc) is 3.09. The summed E-state index contributed by atoms with van der Waals surface area (Å²) in [4.78, 5) is 33.5. The summed E-state index contributed by atoms with van der Waals surface area (Å²) in [6.07, 6.45) is -2.68. The number of nitrogens with two attached hydrogens (primary N) is 1. The van der Waals surface area contributed by atoms with Gasteiger partial charge in [0.2, 0.25) is 5.95 Å². The second-order valence-corrected chi connectivity index (χ2v) is 6.43. The van der Waals surface area contributed by atoms with Crippen LogP contribution in [0, 0.1) is 0 Å². The largest absolute Gasteiger partial charge is 0.756 e. The molecule has 13 heteroatoms. The lowest BCUT2D eigenvalue weighted by atomic mass is 10.1. The van der Waals surface area contributed by atoms with Crippen molar-refractivity contribution in [3.63, 3.8) is 0 Å². The molecule has 0 radical (unpaired) electrons. The molecule has 2 fully saturated rings. The molecule has 4 N–H and O–H groups in total. The molecular weight excluding hydrogens is 333 g/mol. The third-order valence-corrected chi connectivity index (χ3v) is 4.70. The molecule has 1 unspecified atom stereocenters. The number of aliphatic hydroxyl groups is 1. The maximum absolute atomic E-state index is 11.8. The van der Waals surface area contributed by atoms with E-state index in [-0.39, 0.29) is 17.1 Å². The first-order chi connectivity index (χ1) is 10.9. The van der Waals surface area contributed by atoms with Crippen LogP contribution in [0.15, 0.2) is 11.1 Å². The van der Waals surface area contributed by atoms with Crippen molar-refractivity contribution in [3.8, 4) is 0 Å². The minimum atomic E-state index is -4.48. The van der Waals surface area contributed by atoms with E-state index in [1.165, 1.54) is 10.9 Å². The number of imidazole rings is 1. The summed E-state index contributed by atoms with van der Waals surface area (Å²) in [6.45, 7) is -0.468. The van der Waals surface area contributed by atoms with Crippen LogP contribution < -0.4 is 16.2 Å². The van der Waals surface area contributed by atoms with Gasteiger partial charge in [0.25, 0.3) is 13.4 Å². The minimum absolute atomic E-state index is 0.0102. The molecule has 2 saturated heterocycles. The molecule has 2 aromatic rings. The summed E-state index contributed by atoms with van der Waals surface area (Å²) in [5.74, 6) is -0.129. The SMILES string of the molecule is Nc1nc2c(ncn2[C@@H]2O[C@H](CO)[C@H]3OP(=O)([O-])O[C@H]32)c(=O)[nH]1. The third kappa shape index (κ3) is 2.19. The molecule has 4 rings (SSSR count). The minimum Gasteiger partial charge on any atom is -0.756 e. The highest BCUT2D eigenvalue weighted by Crippen LogP contribution is 2.55. The van der Waals surface area contributed by atoms with Crippen molar-refractivity contribution >= 4 is 24.9 Å². The molecule has 12 nitrogen and oxygen atoms in total. The van der Waals surface area contributed by atoms with Crippen LogP contribution in [0.3, 0.4) is 0 Å². The summed E-state index contributed by atoms with van der Waals surface area (Å²) in [5, 5.41) is 9.33. The molecule has 2 aromatic heterocycles. The fourth-order valence-electron chi connectivity index (χ4n) is 2.77. The summed E-state index contributed by atoms with van der Waals surface area (Å²) in [7, 11) is -4.48.